The molecule has 0 saturated heterocycles. The molecule has 0 aromatic carbocycles. The molecule has 3 heterocycles. The SMILES string of the molecule is Cc1c(Nc2ncc(C(F)(F)F)c([N+](C)(C)C)n2)cnn1C1CCC(n2ccnn2)C1. The molecule has 3 aromatic rings. The average molecular weight is 436 g/mol. The fourth-order valence-corrected chi connectivity index (χ4v) is 3.99. The summed E-state index contributed by atoms with van der Waals surface area (Å²) >= 11 is 0. The van der Waals surface area contributed by atoms with E-state index >= 15 is 0 Å². The number of halogens is 3. The molecule has 31 heavy (non-hydrogen) atoms. The smallest absolute Gasteiger partial charge is 0.321 e. The van der Waals surface area contributed by atoms with E-state index in [0.717, 1.165) is 31.2 Å². The molecule has 0 bridgehead atoms. The van der Waals surface area contributed by atoms with Crippen LogP contribution in [0.5, 0.6) is 0 Å². The Labute approximate surface area is 177 Å². The van der Waals surface area contributed by atoms with Crippen LogP contribution in [0.1, 0.15) is 42.6 Å². The first-order chi connectivity index (χ1) is 14.5. The highest BCUT2D eigenvalue weighted by atomic mass is 19.4. The van der Waals surface area contributed by atoms with Crippen molar-refractivity contribution in [3.05, 3.63) is 36.0 Å². The van der Waals surface area contributed by atoms with Crippen molar-refractivity contribution in [3.63, 3.8) is 0 Å². The zero-order valence-corrected chi connectivity index (χ0v) is 17.8. The lowest BCUT2D eigenvalue weighted by molar-refractivity contribution is -0.138. The van der Waals surface area contributed by atoms with Gasteiger partial charge >= 0.3 is 6.18 Å². The van der Waals surface area contributed by atoms with Gasteiger partial charge in [-0.2, -0.15) is 23.3 Å². The van der Waals surface area contributed by atoms with Crippen LogP contribution in [-0.2, 0) is 6.18 Å². The predicted octanol–water partition coefficient (Wildman–Crippen LogP) is 3.50. The van der Waals surface area contributed by atoms with Crippen LogP contribution in [0.4, 0.5) is 30.6 Å². The largest absolute Gasteiger partial charge is 0.425 e. The van der Waals surface area contributed by atoms with Crippen LogP contribution in [0, 0.1) is 6.92 Å². The topological polar surface area (TPSA) is 86.3 Å². The molecular formula is C19H25F3N9+. The molecule has 1 saturated carbocycles. The molecule has 166 valence electrons. The lowest BCUT2D eigenvalue weighted by Crippen LogP contribution is -2.38. The summed E-state index contributed by atoms with van der Waals surface area (Å²) in [7, 11) is 4.91. The van der Waals surface area contributed by atoms with Gasteiger partial charge in [-0.05, 0) is 26.2 Å². The van der Waals surface area contributed by atoms with Crippen molar-refractivity contribution < 1.29 is 13.2 Å². The van der Waals surface area contributed by atoms with Crippen molar-refractivity contribution in [1.82, 2.24) is 39.2 Å². The fraction of sp³-hybridized carbons (Fsp3) is 0.526. The summed E-state index contributed by atoms with van der Waals surface area (Å²) in [4.78, 5) is 8.07. The highest BCUT2D eigenvalue weighted by Gasteiger charge is 2.40. The van der Waals surface area contributed by atoms with Crippen molar-refractivity contribution in [2.45, 2.75) is 44.4 Å². The second-order valence-corrected chi connectivity index (χ2v) is 8.66. The van der Waals surface area contributed by atoms with E-state index in [4.69, 9.17) is 0 Å². The molecule has 0 radical (unpaired) electrons. The highest BCUT2D eigenvalue weighted by molar-refractivity contribution is 5.57. The molecule has 3 aromatic heterocycles. The Morgan fingerprint density at radius 1 is 1.13 bits per heavy atom. The third-order valence-electron chi connectivity index (χ3n) is 5.54. The summed E-state index contributed by atoms with van der Waals surface area (Å²) < 4.78 is 43.9. The molecule has 9 nitrogen and oxygen atoms in total. The lowest BCUT2D eigenvalue weighted by atomic mass is 10.2. The van der Waals surface area contributed by atoms with Gasteiger partial charge in [0.1, 0.15) is 0 Å². The summed E-state index contributed by atoms with van der Waals surface area (Å²) in [5.41, 5.74) is 0.693. The van der Waals surface area contributed by atoms with Crippen LogP contribution in [0.15, 0.2) is 24.8 Å². The van der Waals surface area contributed by atoms with Gasteiger partial charge in [0.2, 0.25) is 11.8 Å². The van der Waals surface area contributed by atoms with Crippen LogP contribution in [-0.4, -0.2) is 55.9 Å². The fourth-order valence-electron chi connectivity index (χ4n) is 3.99. The summed E-state index contributed by atoms with van der Waals surface area (Å²) in [6, 6.07) is 0.484. The number of rotatable bonds is 5. The second kappa shape index (κ2) is 7.59. The Morgan fingerprint density at radius 2 is 1.87 bits per heavy atom. The summed E-state index contributed by atoms with van der Waals surface area (Å²) in [5.74, 6) is -0.00729. The van der Waals surface area contributed by atoms with Gasteiger partial charge in [-0.25, -0.2) is 9.67 Å². The summed E-state index contributed by atoms with van der Waals surface area (Å²) in [6.07, 6.45) is 4.31. The number of hydrogen-bond donors (Lipinski definition) is 1. The van der Waals surface area contributed by atoms with Gasteiger partial charge in [0.05, 0.1) is 63.2 Å². The van der Waals surface area contributed by atoms with Crippen molar-refractivity contribution in [3.8, 4) is 0 Å². The molecule has 0 amide bonds. The molecule has 4 rings (SSSR count). The Hall–Kier alpha value is -3.02. The van der Waals surface area contributed by atoms with Gasteiger partial charge in [-0.1, -0.05) is 5.21 Å². The van der Waals surface area contributed by atoms with Gasteiger partial charge < -0.3 is 5.32 Å². The molecule has 1 N–H and O–H groups in total. The number of hydrogen-bond acceptors (Lipinski definition) is 6. The van der Waals surface area contributed by atoms with Crippen molar-refractivity contribution in [1.29, 1.82) is 0 Å². The highest BCUT2D eigenvalue weighted by Crippen LogP contribution is 2.39. The maximum absolute atomic E-state index is 13.4. The van der Waals surface area contributed by atoms with E-state index in [-0.39, 0.29) is 28.3 Å². The number of nitrogens with one attached hydrogen (secondary N) is 1. The lowest BCUT2D eigenvalue weighted by Gasteiger charge is -2.25. The summed E-state index contributed by atoms with van der Waals surface area (Å²) in [5, 5.41) is 15.5. The number of nitrogens with zero attached hydrogens (tertiary/aromatic N) is 8. The maximum Gasteiger partial charge on any atom is 0.425 e. The van der Waals surface area contributed by atoms with E-state index in [9.17, 15) is 13.2 Å². The van der Waals surface area contributed by atoms with E-state index in [2.05, 4.69) is 30.7 Å². The van der Waals surface area contributed by atoms with Crippen molar-refractivity contribution >= 4 is 17.5 Å². The maximum atomic E-state index is 13.4. The number of anilines is 2. The Morgan fingerprint density at radius 3 is 2.52 bits per heavy atom. The Kier molecular flexibility index (Phi) is 5.20. The monoisotopic (exact) mass is 436 g/mol. The molecule has 2 unspecified atom stereocenters. The molecule has 1 aliphatic carbocycles. The third-order valence-corrected chi connectivity index (χ3v) is 5.54. The molecule has 0 spiro atoms. The first kappa shape index (κ1) is 21.2. The Bertz CT molecular complexity index is 1050. The van der Waals surface area contributed by atoms with Crippen LogP contribution in [0.3, 0.4) is 0 Å². The van der Waals surface area contributed by atoms with Crippen LogP contribution >= 0.6 is 0 Å². The Balaban J connectivity index is 1.55. The molecular weight excluding hydrogens is 411 g/mol. The van der Waals surface area contributed by atoms with Gasteiger partial charge in [0, 0.05) is 6.20 Å². The van der Waals surface area contributed by atoms with E-state index in [1.807, 2.05) is 22.5 Å². The third kappa shape index (κ3) is 4.24. The number of quaternary nitrogens is 1. The van der Waals surface area contributed by atoms with E-state index in [1.165, 1.54) is 0 Å². The quantitative estimate of drug-likeness (QED) is 0.616. The van der Waals surface area contributed by atoms with Gasteiger partial charge in [-0.3, -0.25) is 9.16 Å². The summed E-state index contributed by atoms with van der Waals surface area (Å²) in [6.45, 7) is 1.92. The van der Waals surface area contributed by atoms with E-state index in [1.54, 1.807) is 33.5 Å². The number of aromatic nitrogens is 7. The molecule has 0 aliphatic heterocycles. The minimum Gasteiger partial charge on any atom is -0.321 e. The normalized spacial score (nSPS) is 19.7. The van der Waals surface area contributed by atoms with Crippen LogP contribution in [0.2, 0.25) is 0 Å². The minimum atomic E-state index is -4.52. The van der Waals surface area contributed by atoms with Crippen molar-refractivity contribution in [2.75, 3.05) is 26.5 Å². The number of alkyl halides is 3. The van der Waals surface area contributed by atoms with Crippen LogP contribution < -0.4 is 9.80 Å². The second-order valence-electron chi connectivity index (χ2n) is 8.66. The van der Waals surface area contributed by atoms with Crippen molar-refractivity contribution in [2.24, 2.45) is 0 Å². The van der Waals surface area contributed by atoms with Gasteiger partial charge in [0.15, 0.2) is 5.56 Å². The zero-order chi connectivity index (χ0) is 22.4. The van der Waals surface area contributed by atoms with Gasteiger partial charge in [-0.15, -0.1) is 5.10 Å². The molecule has 12 heteroatoms. The standard InChI is InChI=1S/C19H25F3N9/c1-12-16(11-25-30(12)14-6-5-13(9-14)29-8-7-24-28-29)26-18-23-10-15(19(20,21)22)17(27-18)31(2,3)4/h7-8,10-11,13-14H,5-6,9H2,1-4H3,(H,23,26,27)/q+1. The van der Waals surface area contributed by atoms with Gasteiger partial charge in [0.25, 0.3) is 0 Å². The first-order valence-electron chi connectivity index (χ1n) is 9.97. The van der Waals surface area contributed by atoms with Crippen LogP contribution in [0.25, 0.3) is 0 Å². The minimum absolute atomic E-state index is 0.0873. The zero-order valence-electron chi connectivity index (χ0n) is 17.8. The predicted molar refractivity (Wildman–Crippen MR) is 109 cm³/mol. The molecule has 1 fully saturated rings. The average Bonchev–Trinajstić information content (AvgIpc) is 3.42. The molecule has 1 aliphatic rings. The first-order valence-corrected chi connectivity index (χ1v) is 9.97. The van der Waals surface area contributed by atoms with E-state index < -0.39 is 11.7 Å². The van der Waals surface area contributed by atoms with E-state index in [0.29, 0.717) is 5.69 Å². The molecule has 2 atom stereocenters.